The number of rotatable bonds is 13. The van der Waals surface area contributed by atoms with Crippen LogP contribution in [0.15, 0.2) is 42.5 Å². The van der Waals surface area contributed by atoms with Crippen molar-refractivity contribution in [2.45, 2.75) is 72.8 Å². The minimum absolute atomic E-state index is 0.0866. The molecule has 7 heteroatoms. The molecule has 0 N–H and O–H groups in total. The van der Waals surface area contributed by atoms with Crippen LogP contribution in [0.25, 0.3) is 22.4 Å². The number of likely N-dealkylation sites (tertiary alicyclic amines) is 1. The quantitative estimate of drug-likeness (QED) is 0.213. The summed E-state index contributed by atoms with van der Waals surface area (Å²) in [5.74, 6) is 1.61. The predicted octanol–water partition coefficient (Wildman–Crippen LogP) is 6.90. The lowest BCUT2D eigenvalue weighted by atomic mass is 10.1. The molecule has 1 aromatic heterocycles. The zero-order chi connectivity index (χ0) is 29.4. The van der Waals surface area contributed by atoms with Gasteiger partial charge in [-0.05, 0) is 93.9 Å². The van der Waals surface area contributed by atoms with Gasteiger partial charge in [-0.2, -0.15) is 0 Å². The lowest BCUT2D eigenvalue weighted by Crippen LogP contribution is -2.34. The summed E-state index contributed by atoms with van der Waals surface area (Å²) in [4.78, 5) is 35.7. The standard InChI is InChI=1S/C34H48N4O3/c1-25(2)15-21-37(22-16-26(3)4)33(39)28-13-14-30-31(24-28)38(20-10-19-36-17-7-6-8-18-36)32(35-30)27-11-9-12-29(23-27)34(40)41-5/h9,11-14,23-26H,6-8,10,15-22H2,1-5H3. The fourth-order valence-corrected chi connectivity index (χ4v) is 5.57. The molecule has 2 heterocycles. The SMILES string of the molecule is COC(=O)c1cccc(-c2nc3ccc(C(=O)N(CCC(C)C)CCC(C)C)cc3n2CCCN2CCCCC2)c1. The topological polar surface area (TPSA) is 67.7 Å². The molecule has 2 aromatic carbocycles. The molecule has 7 nitrogen and oxygen atoms in total. The van der Waals surface area contributed by atoms with Crippen LogP contribution in [0.5, 0.6) is 0 Å². The van der Waals surface area contributed by atoms with Gasteiger partial charge in [-0.1, -0.05) is 46.2 Å². The number of amides is 1. The number of hydrogen-bond acceptors (Lipinski definition) is 5. The number of ether oxygens (including phenoxy) is 1. The van der Waals surface area contributed by atoms with Crippen LogP contribution in [0.3, 0.4) is 0 Å². The molecule has 0 bridgehead atoms. The summed E-state index contributed by atoms with van der Waals surface area (Å²) in [6, 6.07) is 13.4. The number of piperidine rings is 1. The fourth-order valence-electron chi connectivity index (χ4n) is 5.57. The Balaban J connectivity index is 1.69. The van der Waals surface area contributed by atoms with Gasteiger partial charge in [0.2, 0.25) is 0 Å². The number of nitrogens with zero attached hydrogens (tertiary/aromatic N) is 4. The molecule has 0 atom stereocenters. The van der Waals surface area contributed by atoms with Crippen LogP contribution in [0.2, 0.25) is 0 Å². The zero-order valence-corrected chi connectivity index (χ0v) is 25.7. The Morgan fingerprint density at radius 2 is 1.61 bits per heavy atom. The van der Waals surface area contributed by atoms with Gasteiger partial charge in [-0.25, -0.2) is 9.78 Å². The normalized spacial score (nSPS) is 14.2. The number of aryl methyl sites for hydroxylation is 1. The van der Waals surface area contributed by atoms with E-state index in [2.05, 4.69) is 37.2 Å². The average molecular weight is 561 g/mol. The molecule has 4 rings (SSSR count). The van der Waals surface area contributed by atoms with Gasteiger partial charge in [-0.15, -0.1) is 0 Å². The molecular formula is C34H48N4O3. The van der Waals surface area contributed by atoms with Gasteiger partial charge in [0.15, 0.2) is 0 Å². The van der Waals surface area contributed by atoms with E-state index >= 15 is 0 Å². The van der Waals surface area contributed by atoms with E-state index < -0.39 is 0 Å². The van der Waals surface area contributed by atoms with Gasteiger partial charge in [0, 0.05) is 30.8 Å². The summed E-state index contributed by atoms with van der Waals surface area (Å²) in [5, 5.41) is 0. The molecule has 1 fully saturated rings. The monoisotopic (exact) mass is 560 g/mol. The van der Waals surface area contributed by atoms with E-state index in [1.165, 1.54) is 39.5 Å². The van der Waals surface area contributed by atoms with Gasteiger partial charge in [0.25, 0.3) is 5.91 Å². The summed E-state index contributed by atoms with van der Waals surface area (Å²) in [5.41, 5.74) is 3.88. The average Bonchev–Trinajstić information content (AvgIpc) is 3.34. The lowest BCUT2D eigenvalue weighted by molar-refractivity contribution is 0.0600. The highest BCUT2D eigenvalue weighted by molar-refractivity contribution is 5.98. The maximum absolute atomic E-state index is 13.8. The maximum Gasteiger partial charge on any atom is 0.337 e. The third-order valence-electron chi connectivity index (χ3n) is 8.08. The molecule has 1 aliphatic rings. The predicted molar refractivity (Wildman–Crippen MR) is 166 cm³/mol. The van der Waals surface area contributed by atoms with Gasteiger partial charge in [-0.3, -0.25) is 4.79 Å². The largest absolute Gasteiger partial charge is 0.465 e. The molecule has 3 aromatic rings. The number of aromatic nitrogens is 2. The van der Waals surface area contributed by atoms with Crippen LogP contribution >= 0.6 is 0 Å². The van der Waals surface area contributed by atoms with E-state index in [1.54, 1.807) is 6.07 Å². The Bertz CT molecular complexity index is 1290. The zero-order valence-electron chi connectivity index (χ0n) is 25.7. The van der Waals surface area contributed by atoms with E-state index in [9.17, 15) is 9.59 Å². The first kappa shape index (κ1) is 30.8. The minimum atomic E-state index is -0.365. The van der Waals surface area contributed by atoms with Crippen molar-refractivity contribution in [3.8, 4) is 11.4 Å². The Kier molecular flexibility index (Phi) is 11.0. The van der Waals surface area contributed by atoms with Crippen molar-refractivity contribution in [1.82, 2.24) is 19.4 Å². The molecular weight excluding hydrogens is 512 g/mol. The van der Waals surface area contributed by atoms with Crippen molar-refractivity contribution in [1.29, 1.82) is 0 Å². The Labute approximate surface area is 245 Å². The minimum Gasteiger partial charge on any atom is -0.465 e. The van der Waals surface area contributed by atoms with E-state index in [0.29, 0.717) is 23.0 Å². The number of fused-ring (bicyclic) bond motifs is 1. The van der Waals surface area contributed by atoms with Gasteiger partial charge >= 0.3 is 5.97 Å². The molecule has 0 aliphatic carbocycles. The molecule has 222 valence electrons. The number of carbonyl (C=O) groups is 2. The van der Waals surface area contributed by atoms with Crippen molar-refractivity contribution in [2.24, 2.45) is 11.8 Å². The number of benzene rings is 2. The molecule has 0 unspecified atom stereocenters. The second-order valence-electron chi connectivity index (χ2n) is 12.3. The van der Waals surface area contributed by atoms with Gasteiger partial charge < -0.3 is 19.1 Å². The van der Waals surface area contributed by atoms with Crippen molar-refractivity contribution in [3.63, 3.8) is 0 Å². The van der Waals surface area contributed by atoms with Crippen molar-refractivity contribution in [3.05, 3.63) is 53.6 Å². The Morgan fingerprint density at radius 3 is 2.27 bits per heavy atom. The Morgan fingerprint density at radius 1 is 0.902 bits per heavy atom. The second-order valence-corrected chi connectivity index (χ2v) is 12.3. The number of hydrogen-bond donors (Lipinski definition) is 0. The summed E-state index contributed by atoms with van der Waals surface area (Å²) >= 11 is 0. The van der Waals surface area contributed by atoms with Crippen molar-refractivity contribution < 1.29 is 14.3 Å². The molecule has 1 saturated heterocycles. The summed E-state index contributed by atoms with van der Waals surface area (Å²) in [7, 11) is 1.40. The first-order valence-corrected chi connectivity index (χ1v) is 15.5. The number of methoxy groups -OCH3 is 1. The van der Waals surface area contributed by atoms with Gasteiger partial charge in [0.1, 0.15) is 5.82 Å². The number of carbonyl (C=O) groups excluding carboxylic acids is 2. The van der Waals surface area contributed by atoms with Crippen molar-refractivity contribution >= 4 is 22.9 Å². The molecule has 1 aliphatic heterocycles. The molecule has 0 spiro atoms. The highest BCUT2D eigenvalue weighted by atomic mass is 16.5. The van der Waals surface area contributed by atoms with Crippen LogP contribution in [0.4, 0.5) is 0 Å². The first-order valence-electron chi connectivity index (χ1n) is 15.5. The number of imidazole rings is 1. The second kappa shape index (κ2) is 14.6. The van der Waals surface area contributed by atoms with Crippen LogP contribution in [0.1, 0.15) is 86.9 Å². The highest BCUT2D eigenvalue weighted by Gasteiger charge is 2.21. The Hall–Kier alpha value is -3.19. The van der Waals surface area contributed by atoms with E-state index in [4.69, 9.17) is 9.72 Å². The third kappa shape index (κ3) is 8.19. The molecule has 0 saturated carbocycles. The van der Waals surface area contributed by atoms with E-state index in [0.717, 1.165) is 67.9 Å². The van der Waals surface area contributed by atoms with Crippen LogP contribution < -0.4 is 0 Å². The van der Waals surface area contributed by atoms with Crippen molar-refractivity contribution in [2.75, 3.05) is 39.8 Å². The molecule has 0 radical (unpaired) electrons. The first-order chi connectivity index (χ1) is 19.8. The molecule has 1 amide bonds. The van der Waals surface area contributed by atoms with Crippen LogP contribution in [-0.2, 0) is 11.3 Å². The van der Waals surface area contributed by atoms with E-state index in [-0.39, 0.29) is 11.9 Å². The van der Waals surface area contributed by atoms with Crippen LogP contribution in [0, 0.1) is 11.8 Å². The number of esters is 1. The summed E-state index contributed by atoms with van der Waals surface area (Å²) in [6.07, 6.45) is 6.83. The smallest absolute Gasteiger partial charge is 0.337 e. The summed E-state index contributed by atoms with van der Waals surface area (Å²) < 4.78 is 7.20. The summed E-state index contributed by atoms with van der Waals surface area (Å²) in [6.45, 7) is 14.5. The van der Waals surface area contributed by atoms with E-state index in [1.807, 2.05) is 41.3 Å². The lowest BCUT2D eigenvalue weighted by Gasteiger charge is -2.26. The third-order valence-corrected chi connectivity index (χ3v) is 8.08. The van der Waals surface area contributed by atoms with Gasteiger partial charge in [0.05, 0.1) is 23.7 Å². The highest BCUT2D eigenvalue weighted by Crippen LogP contribution is 2.28. The maximum atomic E-state index is 13.8. The molecule has 41 heavy (non-hydrogen) atoms. The fraction of sp³-hybridized carbons (Fsp3) is 0.559. The van der Waals surface area contributed by atoms with Crippen LogP contribution in [-0.4, -0.2) is 71.1 Å².